The van der Waals surface area contributed by atoms with Gasteiger partial charge in [-0.25, -0.2) is 8.42 Å². The van der Waals surface area contributed by atoms with E-state index in [1.807, 2.05) is 25.1 Å². The van der Waals surface area contributed by atoms with Crippen molar-refractivity contribution in [1.29, 1.82) is 0 Å². The van der Waals surface area contributed by atoms with Crippen LogP contribution in [0.1, 0.15) is 18.1 Å². The number of nitrogens with zero attached hydrogens (tertiary/aromatic N) is 1. The van der Waals surface area contributed by atoms with Gasteiger partial charge in [0.15, 0.2) is 0 Å². The number of sulfonamides is 1. The predicted molar refractivity (Wildman–Crippen MR) is 73.0 cm³/mol. The molecule has 0 bridgehead atoms. The van der Waals surface area contributed by atoms with Crippen LogP contribution in [0.25, 0.3) is 0 Å². The highest BCUT2D eigenvalue weighted by Crippen LogP contribution is 2.16. The summed E-state index contributed by atoms with van der Waals surface area (Å²) in [6, 6.07) is 6.77. The first-order chi connectivity index (χ1) is 8.90. The van der Waals surface area contributed by atoms with Gasteiger partial charge in [0.2, 0.25) is 15.9 Å². The summed E-state index contributed by atoms with van der Waals surface area (Å²) in [6.07, 6.45) is 0. The van der Waals surface area contributed by atoms with E-state index in [-0.39, 0.29) is 11.7 Å². The van der Waals surface area contributed by atoms with E-state index in [9.17, 15) is 13.2 Å². The summed E-state index contributed by atoms with van der Waals surface area (Å²) in [5.74, 6) is -0.300. The molecule has 1 aromatic rings. The van der Waals surface area contributed by atoms with Crippen molar-refractivity contribution in [3.63, 3.8) is 0 Å². The second-order valence-electron chi connectivity index (χ2n) is 4.82. The standard InChI is InChI=1S/C13H18N2O3S/c1-10-4-3-5-12(8-10)9-19(17,18)15-7-6-14-13(16)11(15)2/h3-5,8,11H,6-7,9H2,1-2H3,(H,14,16). The summed E-state index contributed by atoms with van der Waals surface area (Å²) in [4.78, 5) is 11.5. The van der Waals surface area contributed by atoms with Crippen LogP contribution in [0.3, 0.4) is 0 Å². The summed E-state index contributed by atoms with van der Waals surface area (Å²) in [6.45, 7) is 4.24. The number of nitrogens with one attached hydrogen (secondary N) is 1. The van der Waals surface area contributed by atoms with Crippen molar-refractivity contribution in [3.05, 3.63) is 35.4 Å². The van der Waals surface area contributed by atoms with Gasteiger partial charge in [0.05, 0.1) is 5.75 Å². The van der Waals surface area contributed by atoms with Crippen molar-refractivity contribution in [1.82, 2.24) is 9.62 Å². The predicted octanol–water partition coefficient (Wildman–Crippen LogP) is 0.645. The van der Waals surface area contributed by atoms with Crippen molar-refractivity contribution in [2.45, 2.75) is 25.6 Å². The maximum absolute atomic E-state index is 12.4. The molecular formula is C13H18N2O3S. The Morgan fingerprint density at radius 1 is 1.42 bits per heavy atom. The second-order valence-corrected chi connectivity index (χ2v) is 6.74. The first kappa shape index (κ1) is 14.0. The molecule has 1 heterocycles. The number of amides is 1. The van der Waals surface area contributed by atoms with Crippen LogP contribution in [-0.4, -0.2) is 37.8 Å². The first-order valence-electron chi connectivity index (χ1n) is 6.23. The average molecular weight is 282 g/mol. The lowest BCUT2D eigenvalue weighted by Crippen LogP contribution is -2.55. The van der Waals surface area contributed by atoms with Crippen LogP contribution >= 0.6 is 0 Å². The lowest BCUT2D eigenvalue weighted by molar-refractivity contribution is -0.126. The number of piperazine rings is 1. The van der Waals surface area contributed by atoms with Gasteiger partial charge in [-0.3, -0.25) is 4.79 Å². The van der Waals surface area contributed by atoms with E-state index in [1.54, 1.807) is 13.0 Å². The first-order valence-corrected chi connectivity index (χ1v) is 7.84. The maximum Gasteiger partial charge on any atom is 0.238 e. The Balaban J connectivity index is 2.20. The molecule has 1 unspecified atom stereocenters. The molecule has 1 aliphatic heterocycles. The minimum absolute atomic E-state index is 0.0632. The second kappa shape index (κ2) is 5.30. The van der Waals surface area contributed by atoms with Gasteiger partial charge in [-0.2, -0.15) is 4.31 Å². The molecule has 6 heteroatoms. The average Bonchev–Trinajstić information content (AvgIpc) is 2.32. The normalized spacial score (nSPS) is 21.2. The zero-order chi connectivity index (χ0) is 14.0. The van der Waals surface area contributed by atoms with Crippen LogP contribution in [0.4, 0.5) is 0 Å². The lowest BCUT2D eigenvalue weighted by atomic mass is 10.2. The van der Waals surface area contributed by atoms with Crippen LogP contribution < -0.4 is 5.32 Å². The zero-order valence-electron chi connectivity index (χ0n) is 11.1. The van der Waals surface area contributed by atoms with Gasteiger partial charge in [0.1, 0.15) is 6.04 Å². The van der Waals surface area contributed by atoms with Crippen molar-refractivity contribution < 1.29 is 13.2 Å². The highest BCUT2D eigenvalue weighted by Gasteiger charge is 2.34. The monoisotopic (exact) mass is 282 g/mol. The van der Waals surface area contributed by atoms with Crippen molar-refractivity contribution in [3.8, 4) is 0 Å². The third-order valence-corrected chi connectivity index (χ3v) is 5.14. The Morgan fingerprint density at radius 3 is 2.84 bits per heavy atom. The van der Waals surface area contributed by atoms with Gasteiger partial charge in [-0.05, 0) is 19.4 Å². The Hall–Kier alpha value is -1.40. The number of hydrogen-bond donors (Lipinski definition) is 1. The third-order valence-electron chi connectivity index (χ3n) is 3.23. The molecule has 0 aliphatic carbocycles. The molecule has 1 saturated heterocycles. The fourth-order valence-electron chi connectivity index (χ4n) is 2.24. The van der Waals surface area contributed by atoms with Crippen LogP contribution in [0.2, 0.25) is 0 Å². The van der Waals surface area contributed by atoms with Gasteiger partial charge >= 0.3 is 0 Å². The summed E-state index contributed by atoms with van der Waals surface area (Å²) in [5.41, 5.74) is 1.77. The molecule has 1 aromatic carbocycles. The summed E-state index contributed by atoms with van der Waals surface area (Å²) in [5, 5.41) is 2.66. The molecular weight excluding hydrogens is 264 g/mol. The smallest absolute Gasteiger partial charge is 0.238 e. The molecule has 1 amide bonds. The highest BCUT2D eigenvalue weighted by atomic mass is 32.2. The molecule has 1 N–H and O–H groups in total. The Kier molecular flexibility index (Phi) is 3.91. The topological polar surface area (TPSA) is 66.5 Å². The molecule has 19 heavy (non-hydrogen) atoms. The van der Waals surface area contributed by atoms with E-state index in [0.717, 1.165) is 11.1 Å². The minimum Gasteiger partial charge on any atom is -0.353 e. The van der Waals surface area contributed by atoms with E-state index in [0.29, 0.717) is 13.1 Å². The van der Waals surface area contributed by atoms with Crippen LogP contribution in [-0.2, 0) is 20.6 Å². The molecule has 0 spiro atoms. The van der Waals surface area contributed by atoms with Crippen LogP contribution in [0.5, 0.6) is 0 Å². The van der Waals surface area contributed by atoms with Gasteiger partial charge in [0.25, 0.3) is 0 Å². The molecule has 5 nitrogen and oxygen atoms in total. The fraction of sp³-hybridized carbons (Fsp3) is 0.462. The summed E-state index contributed by atoms with van der Waals surface area (Å²) >= 11 is 0. The molecule has 104 valence electrons. The molecule has 0 aromatic heterocycles. The largest absolute Gasteiger partial charge is 0.353 e. The van der Waals surface area contributed by atoms with E-state index in [1.165, 1.54) is 4.31 Å². The molecule has 1 atom stereocenters. The zero-order valence-corrected chi connectivity index (χ0v) is 11.9. The summed E-state index contributed by atoms with van der Waals surface area (Å²) < 4.78 is 26.0. The third kappa shape index (κ3) is 3.13. The SMILES string of the molecule is Cc1cccc(CS(=O)(=O)N2CCNC(=O)C2C)c1. The van der Waals surface area contributed by atoms with E-state index in [2.05, 4.69) is 5.32 Å². The maximum atomic E-state index is 12.4. The molecule has 0 saturated carbocycles. The Morgan fingerprint density at radius 2 is 2.16 bits per heavy atom. The van der Waals surface area contributed by atoms with Crippen LogP contribution in [0.15, 0.2) is 24.3 Å². The van der Waals surface area contributed by atoms with Gasteiger partial charge in [0, 0.05) is 13.1 Å². The van der Waals surface area contributed by atoms with Gasteiger partial charge < -0.3 is 5.32 Å². The number of benzene rings is 1. The van der Waals surface area contributed by atoms with E-state index in [4.69, 9.17) is 0 Å². The number of rotatable bonds is 3. The molecule has 0 radical (unpaired) electrons. The number of aryl methyl sites for hydroxylation is 1. The summed E-state index contributed by atoms with van der Waals surface area (Å²) in [7, 11) is -3.46. The molecule has 2 rings (SSSR count). The van der Waals surface area contributed by atoms with E-state index >= 15 is 0 Å². The lowest BCUT2D eigenvalue weighted by Gasteiger charge is -2.31. The Labute approximate surface area is 113 Å². The number of hydrogen-bond acceptors (Lipinski definition) is 3. The van der Waals surface area contributed by atoms with E-state index < -0.39 is 16.1 Å². The minimum atomic E-state index is -3.46. The van der Waals surface area contributed by atoms with Gasteiger partial charge in [-0.1, -0.05) is 29.8 Å². The quantitative estimate of drug-likeness (QED) is 0.885. The fourth-order valence-corrected chi connectivity index (χ4v) is 3.95. The van der Waals surface area contributed by atoms with Crippen molar-refractivity contribution in [2.75, 3.05) is 13.1 Å². The molecule has 1 aliphatic rings. The van der Waals surface area contributed by atoms with Gasteiger partial charge in [-0.15, -0.1) is 0 Å². The number of carbonyl (C=O) groups is 1. The number of carbonyl (C=O) groups excluding carboxylic acids is 1. The van der Waals surface area contributed by atoms with Crippen molar-refractivity contribution >= 4 is 15.9 Å². The van der Waals surface area contributed by atoms with Crippen molar-refractivity contribution in [2.24, 2.45) is 0 Å². The van der Waals surface area contributed by atoms with Crippen LogP contribution in [0, 0.1) is 6.92 Å². The Bertz CT molecular complexity index is 583. The molecule has 1 fully saturated rings. The highest BCUT2D eigenvalue weighted by molar-refractivity contribution is 7.88.